The lowest BCUT2D eigenvalue weighted by Crippen LogP contribution is -2.17. The topological polar surface area (TPSA) is 29.1 Å². The lowest BCUT2D eigenvalue weighted by Gasteiger charge is -2.12. The fourth-order valence-corrected chi connectivity index (χ4v) is 4.17. The first kappa shape index (κ1) is 16.1. The Bertz CT molecular complexity index is 635. The molecule has 0 radical (unpaired) electrons. The molecule has 0 bridgehead atoms. The normalized spacial score (nSPS) is 14.8. The number of carbonyl (C=O) groups is 1. The molecule has 2 aromatic rings. The van der Waals surface area contributed by atoms with Gasteiger partial charge in [-0.1, -0.05) is 61.4 Å². The first-order chi connectivity index (χ1) is 11.3. The minimum absolute atomic E-state index is 0.113. The second-order valence-electron chi connectivity index (χ2n) is 6.09. The first-order valence-electron chi connectivity index (χ1n) is 8.34. The summed E-state index contributed by atoms with van der Waals surface area (Å²) >= 11 is 1.81. The number of thioether (sulfide) groups is 1. The van der Waals surface area contributed by atoms with E-state index in [0.717, 1.165) is 17.7 Å². The Morgan fingerprint density at radius 3 is 2.48 bits per heavy atom. The van der Waals surface area contributed by atoms with E-state index in [0.29, 0.717) is 11.0 Å². The zero-order valence-electron chi connectivity index (χ0n) is 13.3. The van der Waals surface area contributed by atoms with Gasteiger partial charge in [-0.05, 0) is 36.5 Å². The molecule has 1 aliphatic carbocycles. The van der Waals surface area contributed by atoms with Crippen molar-refractivity contribution in [2.45, 2.75) is 37.4 Å². The van der Waals surface area contributed by atoms with Gasteiger partial charge in [-0.25, -0.2) is 0 Å². The Hall–Kier alpha value is -1.74. The number of rotatable bonds is 6. The maximum absolute atomic E-state index is 12.2. The van der Waals surface area contributed by atoms with Crippen LogP contribution < -0.4 is 5.32 Å². The van der Waals surface area contributed by atoms with Gasteiger partial charge >= 0.3 is 0 Å². The van der Waals surface area contributed by atoms with E-state index < -0.39 is 0 Å². The molecule has 2 nitrogen and oxygen atoms in total. The van der Waals surface area contributed by atoms with Crippen molar-refractivity contribution in [2.24, 2.45) is 0 Å². The van der Waals surface area contributed by atoms with Gasteiger partial charge < -0.3 is 5.32 Å². The van der Waals surface area contributed by atoms with Gasteiger partial charge in [-0.2, -0.15) is 0 Å². The predicted octanol–water partition coefficient (Wildman–Crippen LogP) is 4.89. The molecule has 1 saturated carbocycles. The van der Waals surface area contributed by atoms with Gasteiger partial charge in [0.15, 0.2) is 0 Å². The molecule has 0 saturated heterocycles. The molecule has 0 aliphatic heterocycles. The summed E-state index contributed by atoms with van der Waals surface area (Å²) in [6.45, 7) is 0. The van der Waals surface area contributed by atoms with Crippen LogP contribution in [0.3, 0.4) is 0 Å². The minimum Gasteiger partial charge on any atom is -0.325 e. The van der Waals surface area contributed by atoms with E-state index >= 15 is 0 Å². The second kappa shape index (κ2) is 8.21. The Balaban J connectivity index is 1.59. The van der Waals surface area contributed by atoms with Crippen LogP contribution in [0.15, 0.2) is 54.6 Å². The molecule has 1 fully saturated rings. The quantitative estimate of drug-likeness (QED) is 0.819. The number of anilines is 1. The summed E-state index contributed by atoms with van der Waals surface area (Å²) in [5.41, 5.74) is 3.36. The number of carbonyl (C=O) groups excluding carboxylic acids is 1. The molecular formula is C20H23NOS. The fraction of sp³-hybridized carbons (Fsp3) is 0.350. The van der Waals surface area contributed by atoms with E-state index in [2.05, 4.69) is 35.6 Å². The van der Waals surface area contributed by atoms with Crippen LogP contribution in [0.25, 0.3) is 0 Å². The molecule has 3 heteroatoms. The Kier molecular flexibility index (Phi) is 5.76. The van der Waals surface area contributed by atoms with Crippen LogP contribution in [0.2, 0.25) is 0 Å². The van der Waals surface area contributed by atoms with Gasteiger partial charge in [-0.3, -0.25) is 4.79 Å². The van der Waals surface area contributed by atoms with Crippen LogP contribution in [0.4, 0.5) is 5.69 Å². The Labute approximate surface area is 142 Å². The van der Waals surface area contributed by atoms with Gasteiger partial charge in [0, 0.05) is 10.9 Å². The summed E-state index contributed by atoms with van der Waals surface area (Å²) < 4.78 is 0. The molecule has 1 N–H and O–H groups in total. The molecule has 23 heavy (non-hydrogen) atoms. The van der Waals surface area contributed by atoms with Crippen LogP contribution in [-0.2, 0) is 11.2 Å². The minimum atomic E-state index is 0.113. The van der Waals surface area contributed by atoms with Crippen molar-refractivity contribution in [1.82, 2.24) is 0 Å². The van der Waals surface area contributed by atoms with Gasteiger partial charge in [0.05, 0.1) is 5.75 Å². The van der Waals surface area contributed by atoms with Crippen molar-refractivity contribution in [3.8, 4) is 0 Å². The lowest BCUT2D eigenvalue weighted by atomic mass is 10.0. The second-order valence-corrected chi connectivity index (χ2v) is 7.37. The van der Waals surface area contributed by atoms with Gasteiger partial charge in [0.2, 0.25) is 5.91 Å². The van der Waals surface area contributed by atoms with Crippen molar-refractivity contribution < 1.29 is 4.79 Å². The van der Waals surface area contributed by atoms with Crippen molar-refractivity contribution in [1.29, 1.82) is 0 Å². The van der Waals surface area contributed by atoms with Crippen LogP contribution in [-0.4, -0.2) is 16.9 Å². The highest BCUT2D eigenvalue weighted by Gasteiger charge is 2.17. The third-order valence-electron chi connectivity index (χ3n) is 4.28. The highest BCUT2D eigenvalue weighted by Crippen LogP contribution is 2.29. The average molecular weight is 325 g/mol. The van der Waals surface area contributed by atoms with E-state index in [1.54, 1.807) is 0 Å². The number of hydrogen-bond donors (Lipinski definition) is 1. The zero-order valence-corrected chi connectivity index (χ0v) is 14.1. The summed E-state index contributed by atoms with van der Waals surface area (Å²) in [5, 5.41) is 3.78. The van der Waals surface area contributed by atoms with Crippen molar-refractivity contribution >= 4 is 23.4 Å². The summed E-state index contributed by atoms with van der Waals surface area (Å²) in [6.07, 6.45) is 6.01. The number of nitrogens with one attached hydrogen (secondary N) is 1. The molecule has 3 rings (SSSR count). The van der Waals surface area contributed by atoms with Gasteiger partial charge in [0.1, 0.15) is 0 Å². The fourth-order valence-electron chi connectivity index (χ4n) is 3.05. The SMILES string of the molecule is O=C(CSC1CCCC1)Nc1ccccc1Cc1ccccc1. The zero-order chi connectivity index (χ0) is 15.9. The predicted molar refractivity (Wildman–Crippen MR) is 99.0 cm³/mol. The molecule has 1 aliphatic rings. The van der Waals surface area contributed by atoms with Crippen LogP contribution in [0.5, 0.6) is 0 Å². The van der Waals surface area contributed by atoms with Crippen LogP contribution >= 0.6 is 11.8 Å². The smallest absolute Gasteiger partial charge is 0.234 e. The highest BCUT2D eigenvalue weighted by molar-refractivity contribution is 8.00. The van der Waals surface area contributed by atoms with Crippen molar-refractivity contribution in [3.05, 3.63) is 65.7 Å². The van der Waals surface area contributed by atoms with E-state index in [1.165, 1.54) is 31.2 Å². The average Bonchev–Trinajstić information content (AvgIpc) is 3.09. The standard InChI is InChI=1S/C20H23NOS/c22-20(15-23-18-11-5-6-12-18)21-19-13-7-4-10-17(19)14-16-8-2-1-3-9-16/h1-4,7-10,13,18H,5-6,11-12,14-15H2,(H,21,22). The van der Waals surface area contributed by atoms with E-state index in [1.807, 2.05) is 36.0 Å². The molecule has 0 spiro atoms. The van der Waals surface area contributed by atoms with Gasteiger partial charge in [-0.15, -0.1) is 11.8 Å². The molecule has 1 amide bonds. The van der Waals surface area contributed by atoms with Gasteiger partial charge in [0.25, 0.3) is 0 Å². The van der Waals surface area contributed by atoms with E-state index in [4.69, 9.17) is 0 Å². The third kappa shape index (κ3) is 4.87. The molecule has 0 heterocycles. The Morgan fingerprint density at radius 1 is 1.00 bits per heavy atom. The summed E-state index contributed by atoms with van der Waals surface area (Å²) in [4.78, 5) is 12.2. The number of para-hydroxylation sites is 1. The summed E-state index contributed by atoms with van der Waals surface area (Å²) in [5.74, 6) is 0.673. The molecule has 0 unspecified atom stereocenters. The van der Waals surface area contributed by atoms with E-state index in [-0.39, 0.29) is 5.91 Å². The number of benzene rings is 2. The molecule has 120 valence electrons. The monoisotopic (exact) mass is 325 g/mol. The summed E-state index contributed by atoms with van der Waals surface area (Å²) in [6, 6.07) is 18.5. The summed E-state index contributed by atoms with van der Waals surface area (Å²) in [7, 11) is 0. The molecule has 0 aromatic heterocycles. The third-order valence-corrected chi connectivity index (χ3v) is 5.65. The molecule has 2 aromatic carbocycles. The van der Waals surface area contributed by atoms with Crippen molar-refractivity contribution in [3.63, 3.8) is 0 Å². The number of hydrogen-bond acceptors (Lipinski definition) is 2. The number of amides is 1. The largest absolute Gasteiger partial charge is 0.325 e. The van der Waals surface area contributed by atoms with Crippen molar-refractivity contribution in [2.75, 3.05) is 11.1 Å². The molecule has 0 atom stereocenters. The van der Waals surface area contributed by atoms with Crippen LogP contribution in [0.1, 0.15) is 36.8 Å². The maximum atomic E-state index is 12.2. The lowest BCUT2D eigenvalue weighted by molar-refractivity contribution is -0.113. The van der Waals surface area contributed by atoms with E-state index in [9.17, 15) is 4.79 Å². The Morgan fingerprint density at radius 2 is 1.70 bits per heavy atom. The highest BCUT2D eigenvalue weighted by atomic mass is 32.2. The first-order valence-corrected chi connectivity index (χ1v) is 9.39. The van der Waals surface area contributed by atoms with Crippen LogP contribution in [0, 0.1) is 0 Å². The molecular weight excluding hydrogens is 302 g/mol. The maximum Gasteiger partial charge on any atom is 0.234 e.